The molecule has 2 unspecified atom stereocenters. The SMILES string of the molecule is CC(=O)N1CCCN(C(=O)C2CC(c3ccccc3Cl)NN2)CC1. The highest BCUT2D eigenvalue weighted by Gasteiger charge is 2.34. The topological polar surface area (TPSA) is 64.7 Å². The molecule has 0 radical (unpaired) electrons. The maximum absolute atomic E-state index is 12.8. The number of carbonyl (C=O) groups excluding carboxylic acids is 2. The Kier molecular flexibility index (Phi) is 5.38. The highest BCUT2D eigenvalue weighted by atomic mass is 35.5. The molecule has 1 aromatic rings. The number of halogens is 1. The Balaban J connectivity index is 1.60. The third-order valence-corrected chi connectivity index (χ3v) is 5.08. The molecule has 2 N–H and O–H groups in total. The molecule has 0 aliphatic carbocycles. The minimum Gasteiger partial charge on any atom is -0.341 e. The zero-order chi connectivity index (χ0) is 17.1. The van der Waals surface area contributed by atoms with Gasteiger partial charge in [0.05, 0.1) is 0 Å². The van der Waals surface area contributed by atoms with Crippen molar-refractivity contribution < 1.29 is 9.59 Å². The molecule has 2 saturated heterocycles. The number of hydrazine groups is 1. The maximum Gasteiger partial charge on any atom is 0.241 e. The van der Waals surface area contributed by atoms with E-state index < -0.39 is 0 Å². The Morgan fingerprint density at radius 3 is 2.54 bits per heavy atom. The molecule has 1 aromatic carbocycles. The summed E-state index contributed by atoms with van der Waals surface area (Å²) in [5.74, 6) is 0.159. The van der Waals surface area contributed by atoms with Crippen LogP contribution in [-0.2, 0) is 9.59 Å². The van der Waals surface area contributed by atoms with Gasteiger partial charge >= 0.3 is 0 Å². The Labute approximate surface area is 147 Å². The Morgan fingerprint density at radius 1 is 1.08 bits per heavy atom. The van der Waals surface area contributed by atoms with Crippen molar-refractivity contribution in [1.29, 1.82) is 0 Å². The number of hydrogen-bond donors (Lipinski definition) is 2. The molecule has 2 heterocycles. The Bertz CT molecular complexity index is 624. The van der Waals surface area contributed by atoms with Crippen molar-refractivity contribution in [1.82, 2.24) is 20.7 Å². The quantitative estimate of drug-likeness (QED) is 0.844. The monoisotopic (exact) mass is 350 g/mol. The second kappa shape index (κ2) is 7.51. The van der Waals surface area contributed by atoms with Gasteiger partial charge in [-0.15, -0.1) is 0 Å². The van der Waals surface area contributed by atoms with Crippen LogP contribution in [0.2, 0.25) is 5.02 Å². The van der Waals surface area contributed by atoms with Gasteiger partial charge < -0.3 is 9.80 Å². The minimum absolute atomic E-state index is 0.0216. The highest BCUT2D eigenvalue weighted by molar-refractivity contribution is 6.31. The summed E-state index contributed by atoms with van der Waals surface area (Å²) in [5, 5.41) is 0.705. The van der Waals surface area contributed by atoms with Crippen molar-refractivity contribution in [2.24, 2.45) is 0 Å². The lowest BCUT2D eigenvalue weighted by Crippen LogP contribution is -2.47. The zero-order valence-corrected chi connectivity index (χ0v) is 14.6. The molecular formula is C17H23ClN4O2. The minimum atomic E-state index is -0.268. The van der Waals surface area contributed by atoms with Crippen LogP contribution in [0, 0.1) is 0 Å². The molecule has 2 aliphatic rings. The number of nitrogens with one attached hydrogen (secondary N) is 2. The Morgan fingerprint density at radius 2 is 1.79 bits per heavy atom. The van der Waals surface area contributed by atoms with Gasteiger partial charge in [0, 0.05) is 44.2 Å². The van der Waals surface area contributed by atoms with Crippen LogP contribution in [0.4, 0.5) is 0 Å². The maximum atomic E-state index is 12.8. The van der Waals surface area contributed by atoms with Gasteiger partial charge in [-0.05, 0) is 24.5 Å². The summed E-state index contributed by atoms with van der Waals surface area (Å²) in [6.45, 7) is 4.19. The average molecular weight is 351 g/mol. The molecule has 7 heteroatoms. The van der Waals surface area contributed by atoms with Crippen LogP contribution in [0.5, 0.6) is 0 Å². The largest absolute Gasteiger partial charge is 0.341 e. The van der Waals surface area contributed by atoms with Gasteiger partial charge in [0.1, 0.15) is 6.04 Å². The van der Waals surface area contributed by atoms with Crippen LogP contribution in [0.3, 0.4) is 0 Å². The molecule has 0 aromatic heterocycles. The van der Waals surface area contributed by atoms with Gasteiger partial charge in [-0.25, -0.2) is 10.9 Å². The zero-order valence-electron chi connectivity index (χ0n) is 13.8. The van der Waals surface area contributed by atoms with Gasteiger partial charge in [-0.1, -0.05) is 29.8 Å². The summed E-state index contributed by atoms with van der Waals surface area (Å²) in [4.78, 5) is 27.9. The summed E-state index contributed by atoms with van der Waals surface area (Å²) < 4.78 is 0. The number of benzene rings is 1. The van der Waals surface area contributed by atoms with Crippen LogP contribution in [-0.4, -0.2) is 53.8 Å². The number of carbonyl (C=O) groups is 2. The van der Waals surface area contributed by atoms with E-state index in [1.807, 2.05) is 29.2 Å². The summed E-state index contributed by atoms with van der Waals surface area (Å²) in [6.07, 6.45) is 1.48. The van der Waals surface area contributed by atoms with Crippen molar-refractivity contribution in [2.75, 3.05) is 26.2 Å². The van der Waals surface area contributed by atoms with Gasteiger partial charge in [0.2, 0.25) is 11.8 Å². The standard InChI is InChI=1S/C17H23ClN4O2/c1-12(23)21-7-4-8-22(10-9-21)17(24)16-11-15(19-20-16)13-5-2-3-6-14(13)18/h2-3,5-6,15-16,19-20H,4,7-11H2,1H3. The second-order valence-corrected chi connectivity index (χ2v) is 6.74. The second-order valence-electron chi connectivity index (χ2n) is 6.34. The number of rotatable bonds is 2. The predicted molar refractivity (Wildman–Crippen MR) is 92.3 cm³/mol. The van der Waals surface area contributed by atoms with Crippen molar-refractivity contribution >= 4 is 23.4 Å². The first-order chi connectivity index (χ1) is 11.6. The van der Waals surface area contributed by atoms with Gasteiger partial charge in [-0.2, -0.15) is 0 Å². The van der Waals surface area contributed by atoms with E-state index in [9.17, 15) is 9.59 Å². The lowest BCUT2D eigenvalue weighted by atomic mass is 10.0. The first-order valence-electron chi connectivity index (χ1n) is 8.36. The summed E-state index contributed by atoms with van der Waals surface area (Å²) >= 11 is 6.25. The van der Waals surface area contributed by atoms with E-state index in [2.05, 4.69) is 10.9 Å². The fraction of sp³-hybridized carbons (Fsp3) is 0.529. The van der Waals surface area contributed by atoms with E-state index in [1.165, 1.54) is 0 Å². The van der Waals surface area contributed by atoms with Crippen LogP contribution in [0.25, 0.3) is 0 Å². The van der Waals surface area contributed by atoms with Crippen LogP contribution >= 0.6 is 11.6 Å². The Hall–Kier alpha value is -1.63. The van der Waals surface area contributed by atoms with Gasteiger partial charge in [0.25, 0.3) is 0 Å². The number of nitrogens with zero attached hydrogens (tertiary/aromatic N) is 2. The lowest BCUT2D eigenvalue weighted by molar-refractivity contribution is -0.134. The first-order valence-corrected chi connectivity index (χ1v) is 8.74. The molecule has 2 amide bonds. The van der Waals surface area contributed by atoms with Crippen LogP contribution in [0.15, 0.2) is 24.3 Å². The van der Waals surface area contributed by atoms with Gasteiger partial charge in [-0.3, -0.25) is 9.59 Å². The molecule has 24 heavy (non-hydrogen) atoms. The molecule has 0 bridgehead atoms. The van der Waals surface area contributed by atoms with Crippen molar-refractivity contribution in [2.45, 2.75) is 31.8 Å². The molecule has 130 valence electrons. The molecule has 2 aliphatic heterocycles. The molecule has 2 fully saturated rings. The summed E-state index contributed by atoms with van der Waals surface area (Å²) in [6, 6.07) is 7.44. The summed E-state index contributed by atoms with van der Waals surface area (Å²) in [7, 11) is 0. The molecular weight excluding hydrogens is 328 g/mol. The fourth-order valence-corrected chi connectivity index (χ4v) is 3.62. The van der Waals surface area contributed by atoms with E-state index in [4.69, 9.17) is 11.6 Å². The number of hydrogen-bond acceptors (Lipinski definition) is 4. The van der Waals surface area contributed by atoms with Gasteiger partial charge in [0.15, 0.2) is 0 Å². The molecule has 3 rings (SSSR count). The van der Waals surface area contributed by atoms with E-state index in [-0.39, 0.29) is 23.9 Å². The van der Waals surface area contributed by atoms with Crippen LogP contribution in [0.1, 0.15) is 31.4 Å². The van der Waals surface area contributed by atoms with E-state index in [0.29, 0.717) is 31.1 Å². The van der Waals surface area contributed by atoms with E-state index in [1.54, 1.807) is 11.8 Å². The fourth-order valence-electron chi connectivity index (χ4n) is 3.35. The normalized spacial score (nSPS) is 24.8. The van der Waals surface area contributed by atoms with Crippen molar-refractivity contribution in [3.63, 3.8) is 0 Å². The molecule has 6 nitrogen and oxygen atoms in total. The first kappa shape index (κ1) is 17.2. The molecule has 2 atom stereocenters. The van der Waals surface area contributed by atoms with E-state index >= 15 is 0 Å². The third kappa shape index (κ3) is 3.71. The molecule has 0 saturated carbocycles. The smallest absolute Gasteiger partial charge is 0.241 e. The highest BCUT2D eigenvalue weighted by Crippen LogP contribution is 2.28. The number of amides is 2. The van der Waals surface area contributed by atoms with Crippen LogP contribution < -0.4 is 10.9 Å². The summed E-state index contributed by atoms with van der Waals surface area (Å²) in [5.41, 5.74) is 7.28. The van der Waals surface area contributed by atoms with Crippen molar-refractivity contribution in [3.05, 3.63) is 34.9 Å². The lowest BCUT2D eigenvalue weighted by Gasteiger charge is -2.24. The predicted octanol–water partition coefficient (Wildman–Crippen LogP) is 1.33. The van der Waals surface area contributed by atoms with E-state index in [0.717, 1.165) is 18.5 Å². The third-order valence-electron chi connectivity index (χ3n) is 4.73. The average Bonchev–Trinajstić information content (AvgIpc) is 2.91. The molecule has 0 spiro atoms. The van der Waals surface area contributed by atoms with Crippen molar-refractivity contribution in [3.8, 4) is 0 Å².